The van der Waals surface area contributed by atoms with E-state index in [9.17, 15) is 4.79 Å². The van der Waals surface area contributed by atoms with Crippen molar-refractivity contribution >= 4 is 44.8 Å². The molecule has 5 aromatic rings. The zero-order valence-electron chi connectivity index (χ0n) is 25.9. The van der Waals surface area contributed by atoms with Crippen molar-refractivity contribution in [3.8, 4) is 33.0 Å². The van der Waals surface area contributed by atoms with Gasteiger partial charge in [0.15, 0.2) is 6.10 Å². The van der Waals surface area contributed by atoms with Crippen molar-refractivity contribution in [1.82, 2.24) is 9.97 Å². The van der Waals surface area contributed by atoms with E-state index in [2.05, 4.69) is 36.2 Å². The standard InChI is InChI=1S/C36H36ClN3O3S/c1-7-42-35(41)32(43-36(3,4)5)30-21(2)19-28-33(31(30)22-11-13-24(37)14-12-22)44-34(39-28)23-15-17-38-27(20-23)25-9-8-10-29-26(25)16-18-40(29)6/h8-15,17,19-20,32H,7,16,18H2,1-6H3. The first-order valence-electron chi connectivity index (χ1n) is 14.9. The number of carbonyl (C=O) groups excluding carboxylic acids is 1. The lowest BCUT2D eigenvalue weighted by molar-refractivity contribution is -0.166. The number of rotatable bonds is 7. The maximum absolute atomic E-state index is 13.5. The summed E-state index contributed by atoms with van der Waals surface area (Å²) in [4.78, 5) is 25.6. The predicted octanol–water partition coefficient (Wildman–Crippen LogP) is 9.07. The molecular weight excluding hydrogens is 590 g/mol. The molecule has 1 aliphatic rings. The second-order valence-electron chi connectivity index (χ2n) is 12.1. The molecule has 2 aromatic heterocycles. The number of hydrogen-bond acceptors (Lipinski definition) is 7. The van der Waals surface area contributed by atoms with E-state index in [1.165, 1.54) is 11.3 Å². The number of thiazole rings is 1. The number of hydrogen-bond donors (Lipinski definition) is 0. The Balaban J connectivity index is 1.54. The Kier molecular flexibility index (Phi) is 8.22. The SMILES string of the molecule is CCOC(=O)C(OC(C)(C)C)c1c(C)cc2nc(-c3ccnc(-c4cccc5c4CCN5C)c3)sc2c1-c1ccc(Cl)cc1. The van der Waals surface area contributed by atoms with Gasteiger partial charge in [0.2, 0.25) is 0 Å². The van der Waals surface area contributed by atoms with Crippen LogP contribution >= 0.6 is 22.9 Å². The van der Waals surface area contributed by atoms with E-state index in [1.807, 2.05) is 77.2 Å². The molecule has 3 aromatic carbocycles. The molecule has 0 spiro atoms. The fourth-order valence-corrected chi connectivity index (χ4v) is 7.17. The van der Waals surface area contributed by atoms with Gasteiger partial charge in [0.1, 0.15) is 5.01 Å². The van der Waals surface area contributed by atoms with Crippen LogP contribution in [0.25, 0.3) is 43.2 Å². The van der Waals surface area contributed by atoms with Crippen LogP contribution in [0.4, 0.5) is 5.69 Å². The number of aromatic nitrogens is 2. The van der Waals surface area contributed by atoms with E-state index < -0.39 is 17.7 Å². The molecule has 44 heavy (non-hydrogen) atoms. The van der Waals surface area contributed by atoms with Crippen LogP contribution in [0.15, 0.2) is 66.9 Å². The average Bonchev–Trinajstić information content (AvgIpc) is 3.59. The van der Waals surface area contributed by atoms with Gasteiger partial charge in [-0.05, 0) is 94.1 Å². The fourth-order valence-electron chi connectivity index (χ4n) is 5.92. The number of anilines is 1. The van der Waals surface area contributed by atoms with Crippen molar-refractivity contribution in [2.75, 3.05) is 25.1 Å². The number of fused-ring (bicyclic) bond motifs is 2. The number of likely N-dealkylation sites (N-methyl/N-ethyl adjacent to an activating group) is 1. The van der Waals surface area contributed by atoms with Crippen LogP contribution in [0.5, 0.6) is 0 Å². The summed E-state index contributed by atoms with van der Waals surface area (Å²) in [5.41, 5.74) is 9.47. The molecule has 3 heterocycles. The minimum Gasteiger partial charge on any atom is -0.464 e. The average molecular weight is 626 g/mol. The van der Waals surface area contributed by atoms with Gasteiger partial charge in [-0.3, -0.25) is 4.98 Å². The van der Waals surface area contributed by atoms with Crippen LogP contribution in [0.1, 0.15) is 50.5 Å². The lowest BCUT2D eigenvalue weighted by Gasteiger charge is -2.29. The molecule has 0 saturated carbocycles. The number of benzene rings is 3. The summed E-state index contributed by atoms with van der Waals surface area (Å²) in [6.07, 6.45) is 1.95. The zero-order chi connectivity index (χ0) is 31.2. The third-order valence-corrected chi connectivity index (χ3v) is 9.23. The number of pyridine rings is 1. The van der Waals surface area contributed by atoms with E-state index in [0.717, 1.165) is 67.3 Å². The molecule has 1 aliphatic heterocycles. The molecule has 0 aliphatic carbocycles. The second kappa shape index (κ2) is 12.0. The molecule has 0 radical (unpaired) electrons. The van der Waals surface area contributed by atoms with Crippen molar-refractivity contribution < 1.29 is 14.3 Å². The maximum atomic E-state index is 13.5. The number of nitrogens with zero attached hydrogens (tertiary/aromatic N) is 3. The molecule has 6 nitrogen and oxygen atoms in total. The van der Waals surface area contributed by atoms with Gasteiger partial charge in [-0.25, -0.2) is 9.78 Å². The molecule has 0 saturated heterocycles. The molecule has 0 amide bonds. The van der Waals surface area contributed by atoms with Gasteiger partial charge in [0.25, 0.3) is 0 Å². The third-order valence-electron chi connectivity index (χ3n) is 7.84. The normalized spacial score (nSPS) is 13.8. The highest BCUT2D eigenvalue weighted by Gasteiger charge is 2.33. The monoisotopic (exact) mass is 625 g/mol. The smallest absolute Gasteiger partial charge is 0.339 e. The van der Waals surface area contributed by atoms with Crippen molar-refractivity contribution in [2.24, 2.45) is 0 Å². The minimum atomic E-state index is -0.915. The molecule has 0 N–H and O–H groups in total. The van der Waals surface area contributed by atoms with Crippen molar-refractivity contribution in [1.29, 1.82) is 0 Å². The Morgan fingerprint density at radius 2 is 1.86 bits per heavy atom. The van der Waals surface area contributed by atoms with Gasteiger partial charge < -0.3 is 14.4 Å². The second-order valence-corrected chi connectivity index (χ2v) is 13.6. The van der Waals surface area contributed by atoms with Gasteiger partial charge in [0, 0.05) is 52.8 Å². The fraction of sp³-hybridized carbons (Fsp3) is 0.306. The van der Waals surface area contributed by atoms with Crippen LogP contribution < -0.4 is 4.90 Å². The molecule has 226 valence electrons. The van der Waals surface area contributed by atoms with Gasteiger partial charge >= 0.3 is 5.97 Å². The summed E-state index contributed by atoms with van der Waals surface area (Å²) in [7, 11) is 2.13. The summed E-state index contributed by atoms with van der Waals surface area (Å²) in [6, 6.07) is 20.3. The van der Waals surface area contributed by atoms with E-state index in [4.69, 9.17) is 31.0 Å². The number of carbonyl (C=O) groups is 1. The highest BCUT2D eigenvalue weighted by molar-refractivity contribution is 7.22. The van der Waals surface area contributed by atoms with Gasteiger partial charge in [-0.15, -0.1) is 11.3 Å². The van der Waals surface area contributed by atoms with Crippen molar-refractivity contribution in [3.05, 3.63) is 88.6 Å². The molecule has 8 heteroatoms. The molecule has 1 atom stereocenters. The maximum Gasteiger partial charge on any atom is 0.339 e. The van der Waals surface area contributed by atoms with Crippen LogP contribution in [-0.4, -0.2) is 41.7 Å². The molecule has 1 unspecified atom stereocenters. The summed E-state index contributed by atoms with van der Waals surface area (Å²) in [5.74, 6) is -0.412. The predicted molar refractivity (Wildman–Crippen MR) is 181 cm³/mol. The summed E-state index contributed by atoms with van der Waals surface area (Å²) in [5, 5.41) is 1.52. The summed E-state index contributed by atoms with van der Waals surface area (Å²) in [6.45, 7) is 10.9. The van der Waals surface area contributed by atoms with Gasteiger partial charge in [-0.2, -0.15) is 0 Å². The van der Waals surface area contributed by atoms with Crippen LogP contribution in [0.3, 0.4) is 0 Å². The van der Waals surface area contributed by atoms with Crippen LogP contribution in [0.2, 0.25) is 5.02 Å². The van der Waals surface area contributed by atoms with Crippen LogP contribution in [0, 0.1) is 6.92 Å². The van der Waals surface area contributed by atoms with Crippen molar-refractivity contribution in [2.45, 2.75) is 52.7 Å². The third kappa shape index (κ3) is 5.84. The Morgan fingerprint density at radius 3 is 2.59 bits per heavy atom. The number of halogens is 1. The van der Waals surface area contributed by atoms with E-state index in [1.54, 1.807) is 11.3 Å². The lowest BCUT2D eigenvalue weighted by atomic mass is 9.91. The Bertz CT molecular complexity index is 1860. The topological polar surface area (TPSA) is 64.5 Å². The number of esters is 1. The Labute approximate surface area is 267 Å². The first-order valence-corrected chi connectivity index (χ1v) is 16.1. The van der Waals surface area contributed by atoms with E-state index in [-0.39, 0.29) is 6.61 Å². The van der Waals surface area contributed by atoms with E-state index in [0.29, 0.717) is 5.02 Å². The summed E-state index contributed by atoms with van der Waals surface area (Å²) < 4.78 is 12.9. The molecule has 0 bridgehead atoms. The Hall–Kier alpha value is -3.78. The largest absolute Gasteiger partial charge is 0.464 e. The van der Waals surface area contributed by atoms with Crippen molar-refractivity contribution in [3.63, 3.8) is 0 Å². The van der Waals surface area contributed by atoms with Crippen LogP contribution in [-0.2, 0) is 20.7 Å². The molecule has 0 fully saturated rings. The number of ether oxygens (including phenoxy) is 2. The highest BCUT2D eigenvalue weighted by Crippen LogP contribution is 2.45. The first-order chi connectivity index (χ1) is 21.0. The molecular formula is C36H36ClN3O3S. The first kappa shape index (κ1) is 30.3. The summed E-state index contributed by atoms with van der Waals surface area (Å²) >= 11 is 7.91. The Morgan fingerprint density at radius 1 is 1.09 bits per heavy atom. The quantitative estimate of drug-likeness (QED) is 0.168. The van der Waals surface area contributed by atoms with Gasteiger partial charge in [0.05, 0.1) is 28.1 Å². The van der Waals surface area contributed by atoms with E-state index >= 15 is 0 Å². The highest BCUT2D eigenvalue weighted by atomic mass is 35.5. The molecule has 6 rings (SSSR count). The zero-order valence-corrected chi connectivity index (χ0v) is 27.5. The number of aryl methyl sites for hydroxylation is 1. The minimum absolute atomic E-state index is 0.260. The lowest BCUT2D eigenvalue weighted by Crippen LogP contribution is -2.29. The van der Waals surface area contributed by atoms with Gasteiger partial charge in [-0.1, -0.05) is 35.9 Å².